The Hall–Kier alpha value is -2.91. The maximum atomic E-state index is 12.2. The molecule has 2 aromatic rings. The van der Waals surface area contributed by atoms with Gasteiger partial charge in [0.1, 0.15) is 5.84 Å². The van der Waals surface area contributed by atoms with E-state index in [-0.39, 0.29) is 24.1 Å². The quantitative estimate of drug-likeness (QED) is 0.253. The third-order valence-corrected chi connectivity index (χ3v) is 5.05. The molecule has 3 rings (SSSR count). The number of hydrogen-bond donors (Lipinski definition) is 4. The number of aromatic nitrogens is 2. The fourth-order valence-corrected chi connectivity index (χ4v) is 2.90. The molecule has 0 bridgehead atoms. The minimum Gasteiger partial charge on any atom is -0.402 e. The summed E-state index contributed by atoms with van der Waals surface area (Å²) in [7, 11) is 0. The van der Waals surface area contributed by atoms with Crippen molar-refractivity contribution in [3.63, 3.8) is 0 Å². The van der Waals surface area contributed by atoms with E-state index in [4.69, 9.17) is 28.8 Å². The van der Waals surface area contributed by atoms with E-state index in [1.807, 2.05) is 0 Å². The van der Waals surface area contributed by atoms with Crippen LogP contribution in [-0.2, 0) is 4.79 Å². The van der Waals surface area contributed by atoms with Crippen LogP contribution in [0.5, 0.6) is 0 Å². The second-order valence-corrected chi connectivity index (χ2v) is 8.04. The molecule has 30 heavy (non-hydrogen) atoms. The number of benzene rings is 1. The number of rotatable bonds is 8. The highest BCUT2D eigenvalue weighted by Gasteiger charge is 2.24. The fraction of sp³-hybridized carbons (Fsp3) is 0.200. The van der Waals surface area contributed by atoms with Gasteiger partial charge in [0, 0.05) is 28.7 Å². The van der Waals surface area contributed by atoms with E-state index < -0.39 is 0 Å². The summed E-state index contributed by atoms with van der Waals surface area (Å²) in [5.41, 5.74) is 19.6. The van der Waals surface area contributed by atoms with E-state index in [0.29, 0.717) is 32.5 Å². The number of hydrogen-bond acceptors (Lipinski definition) is 7. The molecule has 1 aliphatic carbocycles. The monoisotopic (exact) mass is 489 g/mol. The first-order valence-corrected chi connectivity index (χ1v) is 10.3. The number of amidine groups is 1. The summed E-state index contributed by atoms with van der Waals surface area (Å²) in [6, 6.07) is 6.89. The first-order chi connectivity index (χ1) is 14.3. The maximum absolute atomic E-state index is 12.2. The molecule has 1 fully saturated rings. The van der Waals surface area contributed by atoms with E-state index in [1.54, 1.807) is 30.3 Å². The van der Waals surface area contributed by atoms with Crippen molar-refractivity contribution < 1.29 is 4.79 Å². The average molecular weight is 491 g/mol. The SMILES string of the molecule is NC(=CC(=O)CNc1ncc(Br)c(N=C(N)/C=C(\N)C2CC2)n1)c1ccc(Cl)cc1. The van der Waals surface area contributed by atoms with Gasteiger partial charge in [-0.05, 0) is 58.5 Å². The third-order valence-electron chi connectivity index (χ3n) is 4.24. The molecule has 1 aromatic heterocycles. The van der Waals surface area contributed by atoms with Crippen molar-refractivity contribution in [2.75, 3.05) is 11.9 Å². The summed E-state index contributed by atoms with van der Waals surface area (Å²) < 4.78 is 0.563. The summed E-state index contributed by atoms with van der Waals surface area (Å²) in [6.07, 6.45) is 6.67. The van der Waals surface area contributed by atoms with E-state index in [1.165, 1.54) is 12.3 Å². The smallest absolute Gasteiger partial charge is 0.225 e. The topological polar surface area (TPSA) is 145 Å². The Bertz CT molecular complexity index is 1030. The second kappa shape index (κ2) is 9.73. The number of carbonyl (C=O) groups is 1. The molecule has 1 heterocycles. The van der Waals surface area contributed by atoms with E-state index >= 15 is 0 Å². The van der Waals surface area contributed by atoms with Gasteiger partial charge in [0.15, 0.2) is 11.6 Å². The predicted octanol–water partition coefficient (Wildman–Crippen LogP) is 3.11. The first kappa shape index (κ1) is 21.8. The third kappa shape index (κ3) is 6.30. The molecule has 7 N–H and O–H groups in total. The fourth-order valence-electron chi connectivity index (χ4n) is 2.50. The van der Waals surface area contributed by atoms with Crippen LogP contribution in [0.25, 0.3) is 5.70 Å². The van der Waals surface area contributed by atoms with E-state index in [2.05, 4.69) is 36.2 Å². The van der Waals surface area contributed by atoms with Gasteiger partial charge in [-0.1, -0.05) is 23.7 Å². The van der Waals surface area contributed by atoms with Crippen LogP contribution < -0.4 is 22.5 Å². The number of ketones is 1. The van der Waals surface area contributed by atoms with Crippen molar-refractivity contribution in [3.8, 4) is 0 Å². The normalized spacial score (nSPS) is 15.2. The van der Waals surface area contributed by atoms with Crippen molar-refractivity contribution in [1.82, 2.24) is 9.97 Å². The van der Waals surface area contributed by atoms with Crippen molar-refractivity contribution in [3.05, 3.63) is 63.4 Å². The van der Waals surface area contributed by atoms with Crippen LogP contribution in [0.1, 0.15) is 18.4 Å². The summed E-state index contributed by atoms with van der Waals surface area (Å²) in [6.45, 7) is -0.0386. The van der Waals surface area contributed by atoms with E-state index in [9.17, 15) is 4.79 Å². The van der Waals surface area contributed by atoms with Crippen molar-refractivity contribution in [2.24, 2.45) is 28.1 Å². The number of anilines is 1. The van der Waals surface area contributed by atoms with Crippen LogP contribution in [0, 0.1) is 5.92 Å². The molecule has 1 saturated carbocycles. The standard InChI is InChI=1S/C20H21BrClN7O/c21-15-10-27-20(29-19(15)28-18(25)8-17(24)11-1-2-11)26-9-14(30)7-16(23)12-3-5-13(22)6-4-12/h3-8,10-11H,1-2,9,23-24H2,(H3,25,26,27,28,29)/b16-7?,17-8-. The van der Waals surface area contributed by atoms with Crippen LogP contribution in [0.4, 0.5) is 11.8 Å². The zero-order valence-corrected chi connectivity index (χ0v) is 18.3. The molecule has 0 saturated heterocycles. The second-order valence-electron chi connectivity index (χ2n) is 6.75. The van der Waals surface area contributed by atoms with Crippen molar-refractivity contribution >= 4 is 56.6 Å². The minimum absolute atomic E-state index is 0.0386. The molecule has 0 atom stereocenters. The van der Waals surface area contributed by atoms with Gasteiger partial charge in [0.2, 0.25) is 5.95 Å². The van der Waals surface area contributed by atoms with Crippen LogP contribution in [0.15, 0.2) is 57.8 Å². The van der Waals surface area contributed by atoms with Gasteiger partial charge in [-0.15, -0.1) is 0 Å². The first-order valence-electron chi connectivity index (χ1n) is 9.15. The zero-order valence-electron chi connectivity index (χ0n) is 16.0. The van der Waals surface area contributed by atoms with Crippen LogP contribution in [-0.4, -0.2) is 28.1 Å². The van der Waals surface area contributed by atoms with E-state index in [0.717, 1.165) is 18.5 Å². The highest BCUT2D eigenvalue weighted by atomic mass is 79.9. The number of nitrogens with zero attached hydrogens (tertiary/aromatic N) is 3. The largest absolute Gasteiger partial charge is 0.402 e. The molecule has 156 valence electrons. The molecule has 1 aromatic carbocycles. The van der Waals surface area contributed by atoms with Gasteiger partial charge in [-0.2, -0.15) is 4.98 Å². The molecule has 0 amide bonds. The van der Waals surface area contributed by atoms with Crippen molar-refractivity contribution in [1.29, 1.82) is 0 Å². The number of aliphatic imine (C=N–C) groups is 1. The predicted molar refractivity (Wildman–Crippen MR) is 123 cm³/mol. The Balaban J connectivity index is 1.64. The molecule has 8 nitrogen and oxygen atoms in total. The highest BCUT2D eigenvalue weighted by Crippen LogP contribution is 2.33. The van der Waals surface area contributed by atoms with Gasteiger partial charge in [-0.25, -0.2) is 9.98 Å². The minimum atomic E-state index is -0.237. The average Bonchev–Trinajstić information content (AvgIpc) is 3.54. The Morgan fingerprint density at radius 1 is 1.23 bits per heavy atom. The number of nitrogens with one attached hydrogen (secondary N) is 1. The lowest BCUT2D eigenvalue weighted by atomic mass is 10.1. The van der Waals surface area contributed by atoms with Crippen LogP contribution in [0.3, 0.4) is 0 Å². The van der Waals surface area contributed by atoms with Crippen LogP contribution >= 0.6 is 27.5 Å². The molecule has 0 radical (unpaired) electrons. The Morgan fingerprint density at radius 2 is 1.93 bits per heavy atom. The molecule has 0 spiro atoms. The van der Waals surface area contributed by atoms with Gasteiger partial charge in [-0.3, -0.25) is 4.79 Å². The molecule has 1 aliphatic rings. The van der Waals surface area contributed by atoms with Crippen LogP contribution in [0.2, 0.25) is 5.02 Å². The molecule has 10 heteroatoms. The zero-order chi connectivity index (χ0) is 21.7. The lowest BCUT2D eigenvalue weighted by Crippen LogP contribution is -2.15. The van der Waals surface area contributed by atoms with Gasteiger partial charge < -0.3 is 22.5 Å². The Kier molecular flexibility index (Phi) is 7.07. The molecular formula is C20H21BrClN7O. The molecule has 0 aliphatic heterocycles. The molecular weight excluding hydrogens is 470 g/mol. The summed E-state index contributed by atoms with van der Waals surface area (Å²) in [4.78, 5) is 24.9. The molecule has 0 unspecified atom stereocenters. The summed E-state index contributed by atoms with van der Waals surface area (Å²) in [5, 5.41) is 3.45. The summed E-state index contributed by atoms with van der Waals surface area (Å²) >= 11 is 9.20. The lowest BCUT2D eigenvalue weighted by Gasteiger charge is -2.06. The summed E-state index contributed by atoms with van der Waals surface area (Å²) in [5.74, 6) is 0.964. The number of nitrogens with two attached hydrogens (primary N) is 3. The van der Waals surface area contributed by atoms with Gasteiger partial charge in [0.25, 0.3) is 0 Å². The maximum Gasteiger partial charge on any atom is 0.225 e. The van der Waals surface area contributed by atoms with Crippen molar-refractivity contribution in [2.45, 2.75) is 12.8 Å². The highest BCUT2D eigenvalue weighted by molar-refractivity contribution is 9.10. The number of carbonyl (C=O) groups excluding carboxylic acids is 1. The Morgan fingerprint density at radius 3 is 2.60 bits per heavy atom. The van der Waals surface area contributed by atoms with Gasteiger partial charge >= 0.3 is 0 Å². The van der Waals surface area contributed by atoms with Gasteiger partial charge in [0.05, 0.1) is 11.0 Å². The number of halogens is 2. The Labute approximate surface area is 187 Å². The number of allylic oxidation sites excluding steroid dienone is 1. The lowest BCUT2D eigenvalue weighted by molar-refractivity contribution is -0.113.